The van der Waals surface area contributed by atoms with E-state index in [2.05, 4.69) is 20.5 Å². The molecule has 0 aliphatic rings. The van der Waals surface area contributed by atoms with E-state index < -0.39 is 17.3 Å². The van der Waals surface area contributed by atoms with Crippen molar-refractivity contribution < 1.29 is 14.6 Å². The molecule has 12 heteroatoms. The fourth-order valence-corrected chi connectivity index (χ4v) is 3.65. The maximum atomic E-state index is 13.2. The van der Waals surface area contributed by atoms with Crippen LogP contribution < -0.4 is 21.4 Å². The molecule has 37 heavy (non-hydrogen) atoms. The lowest BCUT2D eigenvalue weighted by atomic mass is 10.2. The number of nitrogens with zero attached hydrogens (tertiary/aromatic N) is 5. The van der Waals surface area contributed by atoms with Crippen LogP contribution in [0.25, 0.3) is 0 Å². The number of carbonyl (C=O) groups is 1. The van der Waals surface area contributed by atoms with Crippen molar-refractivity contribution in [2.24, 2.45) is 0 Å². The van der Waals surface area contributed by atoms with Crippen molar-refractivity contribution in [2.45, 2.75) is 33.4 Å². The van der Waals surface area contributed by atoms with Gasteiger partial charge >= 0.3 is 17.3 Å². The summed E-state index contributed by atoms with van der Waals surface area (Å²) in [5.41, 5.74) is 0.789. The van der Waals surface area contributed by atoms with Crippen molar-refractivity contribution in [1.29, 1.82) is 0 Å². The molecular formula is C25H23ClN6O5. The van der Waals surface area contributed by atoms with Crippen LogP contribution in [0.3, 0.4) is 0 Å². The van der Waals surface area contributed by atoms with E-state index in [0.29, 0.717) is 28.4 Å². The Balaban J connectivity index is 1.63. The number of hydrogen-bond acceptors (Lipinski definition) is 8. The molecule has 2 aromatic heterocycles. The van der Waals surface area contributed by atoms with Crippen molar-refractivity contribution in [3.8, 4) is 11.6 Å². The van der Waals surface area contributed by atoms with Gasteiger partial charge in [0.1, 0.15) is 5.75 Å². The first-order valence-electron chi connectivity index (χ1n) is 11.3. The summed E-state index contributed by atoms with van der Waals surface area (Å²) in [6.07, 6.45) is 0.606. The molecule has 0 saturated carbocycles. The lowest BCUT2D eigenvalue weighted by Crippen LogP contribution is -2.42. The van der Waals surface area contributed by atoms with Gasteiger partial charge in [-0.1, -0.05) is 30.7 Å². The summed E-state index contributed by atoms with van der Waals surface area (Å²) in [6.45, 7) is 4.11. The molecule has 0 aliphatic heterocycles. The summed E-state index contributed by atoms with van der Waals surface area (Å²) in [5, 5.41) is 20.0. The molecule has 0 radical (unpaired) electrons. The number of aryl methyl sites for hydroxylation is 1. The Labute approximate surface area is 216 Å². The number of aromatic carboxylic acids is 1. The number of anilines is 2. The van der Waals surface area contributed by atoms with E-state index in [0.717, 1.165) is 10.1 Å². The summed E-state index contributed by atoms with van der Waals surface area (Å²) >= 11 is 5.99. The Kier molecular flexibility index (Phi) is 7.63. The van der Waals surface area contributed by atoms with E-state index in [4.69, 9.17) is 21.4 Å². The first-order valence-corrected chi connectivity index (χ1v) is 11.7. The molecule has 0 aliphatic carbocycles. The first kappa shape index (κ1) is 25.6. The predicted molar refractivity (Wildman–Crippen MR) is 137 cm³/mol. The normalized spacial score (nSPS) is 10.8. The monoisotopic (exact) mass is 522 g/mol. The zero-order valence-corrected chi connectivity index (χ0v) is 20.8. The van der Waals surface area contributed by atoms with Gasteiger partial charge in [-0.25, -0.2) is 19.0 Å². The number of carboxylic acid groups (broad SMARTS) is 1. The quantitative estimate of drug-likeness (QED) is 0.335. The van der Waals surface area contributed by atoms with Crippen molar-refractivity contribution in [1.82, 2.24) is 24.3 Å². The van der Waals surface area contributed by atoms with Crippen LogP contribution in [0.5, 0.6) is 11.6 Å². The smallest absolute Gasteiger partial charge is 0.356 e. The van der Waals surface area contributed by atoms with Crippen molar-refractivity contribution in [2.75, 3.05) is 5.32 Å². The van der Waals surface area contributed by atoms with Gasteiger partial charge in [-0.15, -0.1) is 10.2 Å². The van der Waals surface area contributed by atoms with Gasteiger partial charge in [-0.2, -0.15) is 4.98 Å². The van der Waals surface area contributed by atoms with E-state index in [-0.39, 0.29) is 30.6 Å². The number of aromatic nitrogens is 5. The Morgan fingerprint density at radius 3 is 2.43 bits per heavy atom. The minimum Gasteiger partial charge on any atom is -0.476 e. The number of nitrogens with one attached hydrogen (secondary N) is 1. The van der Waals surface area contributed by atoms with Crippen LogP contribution in [0.1, 0.15) is 35.0 Å². The highest BCUT2D eigenvalue weighted by atomic mass is 35.5. The first-order chi connectivity index (χ1) is 17.7. The molecule has 0 saturated heterocycles. The minimum atomic E-state index is -1.18. The van der Waals surface area contributed by atoms with Crippen LogP contribution in [-0.4, -0.2) is 35.4 Å². The van der Waals surface area contributed by atoms with Gasteiger partial charge in [-0.05, 0) is 60.9 Å². The molecule has 2 N–H and O–H groups in total. The van der Waals surface area contributed by atoms with Crippen molar-refractivity contribution in [3.63, 3.8) is 0 Å². The molecule has 11 nitrogen and oxygen atoms in total. The van der Waals surface area contributed by atoms with Crippen molar-refractivity contribution >= 4 is 29.2 Å². The van der Waals surface area contributed by atoms with E-state index in [1.54, 1.807) is 49.4 Å². The molecule has 0 unspecified atom stereocenters. The summed E-state index contributed by atoms with van der Waals surface area (Å²) in [5.74, 6) is -0.490. The Morgan fingerprint density at radius 1 is 1.05 bits per heavy atom. The van der Waals surface area contributed by atoms with Gasteiger partial charge in [0.05, 0.1) is 6.54 Å². The standard InChI is InChI=1S/C25H23ClN6O5/c1-3-12-31-24(35)28-23(32(25(31)36)14-16-4-6-17(26)7-5-16)27-18-8-10-20(15(2)13-18)37-21-11-9-19(22(33)34)29-30-21/h4-11,13H,3,12,14H2,1-2H3,(H,33,34)(H,27,28,35). The number of rotatable bonds is 9. The predicted octanol–water partition coefficient (Wildman–Crippen LogP) is 3.85. The van der Waals surface area contributed by atoms with E-state index >= 15 is 0 Å². The van der Waals surface area contributed by atoms with Crippen molar-refractivity contribution in [3.05, 3.63) is 97.4 Å². The molecule has 2 aromatic carbocycles. The highest BCUT2D eigenvalue weighted by Gasteiger charge is 2.15. The molecule has 0 atom stereocenters. The molecule has 0 fully saturated rings. The fourth-order valence-electron chi connectivity index (χ4n) is 3.53. The zero-order valence-electron chi connectivity index (χ0n) is 20.0. The third kappa shape index (κ3) is 6.01. The highest BCUT2D eigenvalue weighted by molar-refractivity contribution is 6.30. The van der Waals surface area contributed by atoms with Crippen LogP contribution in [0.2, 0.25) is 5.02 Å². The van der Waals surface area contributed by atoms with Gasteiger partial charge in [-0.3, -0.25) is 4.57 Å². The van der Waals surface area contributed by atoms with Crippen LogP contribution in [0.4, 0.5) is 11.6 Å². The summed E-state index contributed by atoms with van der Waals surface area (Å²) in [6, 6.07) is 14.9. The minimum absolute atomic E-state index is 0.0977. The lowest BCUT2D eigenvalue weighted by Gasteiger charge is -2.16. The molecule has 0 spiro atoms. The third-order valence-electron chi connectivity index (χ3n) is 5.36. The fraction of sp³-hybridized carbons (Fsp3) is 0.200. The molecule has 0 amide bonds. The van der Waals surface area contributed by atoms with Gasteiger partial charge < -0.3 is 15.2 Å². The maximum Gasteiger partial charge on any atom is 0.356 e. The topological polar surface area (TPSA) is 141 Å². The largest absolute Gasteiger partial charge is 0.476 e. The Morgan fingerprint density at radius 2 is 1.81 bits per heavy atom. The number of benzene rings is 2. The number of hydrogen-bond donors (Lipinski definition) is 2. The van der Waals surface area contributed by atoms with Gasteiger partial charge in [0.2, 0.25) is 11.8 Å². The molecule has 4 aromatic rings. The zero-order chi connectivity index (χ0) is 26.5. The maximum absolute atomic E-state index is 13.2. The van der Waals surface area contributed by atoms with Gasteiger partial charge in [0, 0.05) is 23.3 Å². The molecule has 190 valence electrons. The van der Waals surface area contributed by atoms with Crippen LogP contribution in [0, 0.1) is 6.92 Å². The molecule has 0 bridgehead atoms. The van der Waals surface area contributed by atoms with E-state index in [1.807, 2.05) is 6.92 Å². The molecular weight excluding hydrogens is 500 g/mol. The Hall–Kier alpha value is -4.51. The highest BCUT2D eigenvalue weighted by Crippen LogP contribution is 2.27. The molecule has 4 rings (SSSR count). The SMILES string of the molecule is CCCn1c(=O)nc(Nc2ccc(Oc3ccc(C(=O)O)nn3)c(C)c2)n(Cc2ccc(Cl)cc2)c1=O. The summed E-state index contributed by atoms with van der Waals surface area (Å²) < 4.78 is 8.23. The second kappa shape index (κ2) is 11.0. The summed E-state index contributed by atoms with van der Waals surface area (Å²) in [7, 11) is 0. The second-order valence-electron chi connectivity index (χ2n) is 8.13. The third-order valence-corrected chi connectivity index (χ3v) is 5.61. The van der Waals surface area contributed by atoms with Crippen LogP contribution >= 0.6 is 11.6 Å². The van der Waals surface area contributed by atoms with E-state index in [1.165, 1.54) is 16.7 Å². The average Bonchev–Trinajstić information content (AvgIpc) is 2.87. The van der Waals surface area contributed by atoms with Gasteiger partial charge in [0.15, 0.2) is 5.69 Å². The van der Waals surface area contributed by atoms with Crippen LogP contribution in [0.15, 0.2) is 64.2 Å². The Bertz CT molecular complexity index is 1550. The molecule has 2 heterocycles. The lowest BCUT2D eigenvalue weighted by molar-refractivity contribution is 0.0689. The summed E-state index contributed by atoms with van der Waals surface area (Å²) in [4.78, 5) is 40.9. The number of ether oxygens (including phenoxy) is 1. The number of halogens is 1. The van der Waals surface area contributed by atoms with Gasteiger partial charge in [0.25, 0.3) is 0 Å². The number of carboxylic acids is 1. The van der Waals surface area contributed by atoms with Crippen LogP contribution in [-0.2, 0) is 13.1 Å². The second-order valence-corrected chi connectivity index (χ2v) is 8.57. The van der Waals surface area contributed by atoms with E-state index in [9.17, 15) is 14.4 Å². The average molecular weight is 523 g/mol.